The third-order valence-corrected chi connectivity index (χ3v) is 4.52. The van der Waals surface area contributed by atoms with Gasteiger partial charge in [0.25, 0.3) is 0 Å². The summed E-state index contributed by atoms with van der Waals surface area (Å²) in [5.74, 6) is 0.208. The van der Waals surface area contributed by atoms with Crippen LogP contribution in [0.3, 0.4) is 0 Å². The van der Waals surface area contributed by atoms with E-state index in [0.29, 0.717) is 6.54 Å². The molecule has 1 aromatic rings. The summed E-state index contributed by atoms with van der Waals surface area (Å²) < 4.78 is 1.12. The van der Waals surface area contributed by atoms with E-state index in [-0.39, 0.29) is 5.92 Å². The van der Waals surface area contributed by atoms with E-state index in [2.05, 4.69) is 35.0 Å². The summed E-state index contributed by atoms with van der Waals surface area (Å²) in [4.78, 5) is 0. The van der Waals surface area contributed by atoms with Crippen LogP contribution in [0.5, 0.6) is 0 Å². The van der Waals surface area contributed by atoms with Crippen LogP contribution >= 0.6 is 15.9 Å². The fourth-order valence-corrected chi connectivity index (χ4v) is 3.29. The number of fused-ring (bicyclic) bond motifs is 1. The van der Waals surface area contributed by atoms with E-state index in [1.165, 1.54) is 11.1 Å². The molecule has 17 heavy (non-hydrogen) atoms. The molecule has 1 aliphatic carbocycles. The maximum Gasteiger partial charge on any atom is 0.0731 e. The van der Waals surface area contributed by atoms with Gasteiger partial charge in [0.15, 0.2) is 0 Å². The first-order chi connectivity index (χ1) is 8.09. The maximum atomic E-state index is 10.8. The number of nitrogens with two attached hydrogens (primary N) is 1. The Bertz CT molecular complexity index is 403. The molecule has 2 rings (SSSR count). The monoisotopic (exact) mass is 297 g/mol. The predicted octanol–water partition coefficient (Wildman–Crippen LogP) is 2.65. The zero-order chi connectivity index (χ0) is 12.5. The molecule has 3 heteroatoms. The first-order valence-electron chi connectivity index (χ1n) is 6.29. The number of aliphatic hydroxyl groups is 1. The summed E-state index contributed by atoms with van der Waals surface area (Å²) in [7, 11) is 0. The number of hydrogen-bond donors (Lipinski definition) is 2. The van der Waals surface area contributed by atoms with Gasteiger partial charge in [0, 0.05) is 10.9 Å². The lowest BCUT2D eigenvalue weighted by Gasteiger charge is -2.39. The first kappa shape index (κ1) is 13.1. The quantitative estimate of drug-likeness (QED) is 0.901. The van der Waals surface area contributed by atoms with Crippen LogP contribution in [0, 0.1) is 5.92 Å². The number of benzene rings is 1. The van der Waals surface area contributed by atoms with E-state index in [1.54, 1.807) is 0 Å². The Morgan fingerprint density at radius 1 is 1.47 bits per heavy atom. The molecule has 0 fully saturated rings. The summed E-state index contributed by atoms with van der Waals surface area (Å²) in [6.45, 7) is 2.67. The number of rotatable bonds is 3. The summed E-state index contributed by atoms with van der Waals surface area (Å²) in [6.07, 6.45) is 3.46. The molecule has 0 heterocycles. The summed E-state index contributed by atoms with van der Waals surface area (Å²) in [6, 6.07) is 6.33. The topological polar surface area (TPSA) is 46.2 Å². The average Bonchev–Trinajstić information content (AvgIpc) is 2.31. The Morgan fingerprint density at radius 2 is 2.24 bits per heavy atom. The molecule has 3 N–H and O–H groups in total. The zero-order valence-electron chi connectivity index (χ0n) is 10.2. The van der Waals surface area contributed by atoms with Crippen molar-refractivity contribution in [1.82, 2.24) is 0 Å². The van der Waals surface area contributed by atoms with Gasteiger partial charge in [0.2, 0.25) is 0 Å². The van der Waals surface area contributed by atoms with Crippen LogP contribution in [0.1, 0.15) is 30.9 Å². The number of aryl methyl sites for hydroxylation is 1. The molecule has 0 saturated heterocycles. The van der Waals surface area contributed by atoms with Gasteiger partial charge in [-0.15, -0.1) is 0 Å². The largest absolute Gasteiger partial charge is 0.389 e. The van der Waals surface area contributed by atoms with Crippen molar-refractivity contribution in [2.24, 2.45) is 11.7 Å². The second kappa shape index (κ2) is 5.09. The molecule has 0 amide bonds. The Kier molecular flexibility index (Phi) is 3.91. The molecule has 1 aliphatic rings. The van der Waals surface area contributed by atoms with E-state index in [1.807, 2.05) is 6.07 Å². The van der Waals surface area contributed by atoms with Gasteiger partial charge in [-0.1, -0.05) is 28.9 Å². The molecule has 2 nitrogen and oxygen atoms in total. The van der Waals surface area contributed by atoms with Crippen LogP contribution in [-0.4, -0.2) is 17.3 Å². The lowest BCUT2D eigenvalue weighted by atomic mass is 9.72. The van der Waals surface area contributed by atoms with E-state index >= 15 is 0 Å². The molecule has 2 unspecified atom stereocenters. The van der Waals surface area contributed by atoms with Gasteiger partial charge in [-0.3, -0.25) is 0 Å². The molecule has 94 valence electrons. The van der Waals surface area contributed by atoms with Crippen molar-refractivity contribution in [3.8, 4) is 0 Å². The van der Waals surface area contributed by atoms with E-state index < -0.39 is 5.60 Å². The van der Waals surface area contributed by atoms with Crippen LogP contribution in [0.4, 0.5) is 0 Å². The SMILES string of the molecule is CCC(CN)C1(O)CCc2cc(Br)ccc2C1. The Balaban J connectivity index is 2.25. The number of halogens is 1. The van der Waals surface area contributed by atoms with Gasteiger partial charge >= 0.3 is 0 Å². The lowest BCUT2D eigenvalue weighted by molar-refractivity contribution is -0.0287. The van der Waals surface area contributed by atoms with Crippen molar-refractivity contribution in [3.05, 3.63) is 33.8 Å². The second-order valence-corrected chi connectivity index (χ2v) is 5.95. The molecular formula is C14H20BrNO. The van der Waals surface area contributed by atoms with Gasteiger partial charge < -0.3 is 10.8 Å². The fraction of sp³-hybridized carbons (Fsp3) is 0.571. The fourth-order valence-electron chi connectivity index (χ4n) is 2.88. The Hall–Kier alpha value is -0.380. The average molecular weight is 298 g/mol. The molecule has 0 saturated carbocycles. The maximum absolute atomic E-state index is 10.8. The highest BCUT2D eigenvalue weighted by Crippen LogP contribution is 2.36. The minimum Gasteiger partial charge on any atom is -0.389 e. The van der Waals surface area contributed by atoms with Gasteiger partial charge in [0.05, 0.1) is 5.60 Å². The van der Waals surface area contributed by atoms with Gasteiger partial charge in [0.1, 0.15) is 0 Å². The second-order valence-electron chi connectivity index (χ2n) is 5.03. The van der Waals surface area contributed by atoms with Crippen molar-refractivity contribution in [1.29, 1.82) is 0 Å². The van der Waals surface area contributed by atoms with Gasteiger partial charge in [-0.05, 0) is 55.0 Å². The minimum absolute atomic E-state index is 0.208. The molecule has 0 bridgehead atoms. The lowest BCUT2D eigenvalue weighted by Crippen LogP contribution is -2.46. The minimum atomic E-state index is -0.607. The molecule has 0 aromatic heterocycles. The van der Waals surface area contributed by atoms with Crippen LogP contribution in [0.2, 0.25) is 0 Å². The van der Waals surface area contributed by atoms with Crippen LogP contribution in [0.25, 0.3) is 0 Å². The van der Waals surface area contributed by atoms with Crippen LogP contribution < -0.4 is 5.73 Å². The first-order valence-corrected chi connectivity index (χ1v) is 7.08. The van der Waals surface area contributed by atoms with Crippen molar-refractivity contribution in [2.75, 3.05) is 6.54 Å². The molecule has 0 radical (unpaired) electrons. The molecule has 2 atom stereocenters. The molecular weight excluding hydrogens is 278 g/mol. The van der Waals surface area contributed by atoms with Gasteiger partial charge in [-0.2, -0.15) is 0 Å². The predicted molar refractivity (Wildman–Crippen MR) is 74.0 cm³/mol. The molecule has 1 aromatic carbocycles. The highest BCUT2D eigenvalue weighted by molar-refractivity contribution is 9.10. The third-order valence-electron chi connectivity index (χ3n) is 4.03. The highest BCUT2D eigenvalue weighted by atomic mass is 79.9. The van der Waals surface area contributed by atoms with Crippen LogP contribution in [0.15, 0.2) is 22.7 Å². The molecule has 0 spiro atoms. The van der Waals surface area contributed by atoms with Crippen molar-refractivity contribution in [2.45, 2.75) is 38.2 Å². The summed E-state index contributed by atoms with van der Waals surface area (Å²) in [5.41, 5.74) is 7.80. The third kappa shape index (κ3) is 2.56. The van der Waals surface area contributed by atoms with E-state index in [4.69, 9.17) is 5.73 Å². The normalized spacial score (nSPS) is 25.4. The van der Waals surface area contributed by atoms with Crippen molar-refractivity contribution < 1.29 is 5.11 Å². The summed E-state index contributed by atoms with van der Waals surface area (Å²) in [5, 5.41) is 10.8. The standard InChI is InChI=1S/C14H20BrNO/c1-2-12(9-16)14(17)6-5-10-7-13(15)4-3-11(10)8-14/h3-4,7,12,17H,2,5-6,8-9,16H2,1H3. The number of hydrogen-bond acceptors (Lipinski definition) is 2. The molecule has 0 aliphatic heterocycles. The van der Waals surface area contributed by atoms with E-state index in [9.17, 15) is 5.11 Å². The summed E-state index contributed by atoms with van der Waals surface area (Å²) >= 11 is 3.49. The Morgan fingerprint density at radius 3 is 2.88 bits per heavy atom. The zero-order valence-corrected chi connectivity index (χ0v) is 11.8. The smallest absolute Gasteiger partial charge is 0.0731 e. The van der Waals surface area contributed by atoms with Gasteiger partial charge in [-0.25, -0.2) is 0 Å². The van der Waals surface area contributed by atoms with E-state index in [0.717, 1.165) is 30.2 Å². The van der Waals surface area contributed by atoms with Crippen molar-refractivity contribution in [3.63, 3.8) is 0 Å². The Labute approximate surface area is 111 Å². The highest BCUT2D eigenvalue weighted by Gasteiger charge is 2.37. The van der Waals surface area contributed by atoms with Crippen LogP contribution in [-0.2, 0) is 12.8 Å². The van der Waals surface area contributed by atoms with Crippen molar-refractivity contribution >= 4 is 15.9 Å².